The molecule has 9 heteroatoms. The Labute approximate surface area is 134 Å². The Morgan fingerprint density at radius 2 is 1.14 bits per heavy atom. The molecule has 3 atom stereocenters. The molecule has 14 heavy (non-hydrogen) atoms. The Balaban J connectivity index is -0.000000605. The molecule has 0 aliphatic carbocycles. The molecule has 0 radical (unpaired) electrons. The molecule has 70 valence electrons. The van der Waals surface area contributed by atoms with Crippen molar-refractivity contribution in [2.24, 2.45) is 0 Å². The number of carboxylic acids is 2. The van der Waals surface area contributed by atoms with Crippen molar-refractivity contribution >= 4 is 11.9 Å². The normalized spacial score (nSPS) is 15.4. The summed E-state index contributed by atoms with van der Waals surface area (Å²) in [6, 6.07) is 0. The third-order valence-electron chi connectivity index (χ3n) is 1.13. The van der Waals surface area contributed by atoms with Gasteiger partial charge in [0.1, 0.15) is 18.3 Å². The summed E-state index contributed by atoms with van der Waals surface area (Å²) in [5.41, 5.74) is 0. The summed E-state index contributed by atoms with van der Waals surface area (Å²) in [5.74, 6) is -4.16. The average Bonchev–Trinajstić information content (AvgIpc) is 2.00. The van der Waals surface area contributed by atoms with Crippen LogP contribution in [0.4, 0.5) is 0 Å². The summed E-state index contributed by atoms with van der Waals surface area (Å²) in [6.45, 7) is 0. The van der Waals surface area contributed by atoms with E-state index in [4.69, 9.17) is 15.3 Å². The molecule has 0 heterocycles. The number of rotatable bonds is 4. The van der Waals surface area contributed by atoms with Crippen LogP contribution in [0.5, 0.6) is 0 Å². The molecule has 0 fully saturated rings. The van der Waals surface area contributed by atoms with E-state index in [2.05, 4.69) is 0 Å². The predicted octanol–water partition coefficient (Wildman–Crippen LogP) is -11.4. The van der Waals surface area contributed by atoms with Gasteiger partial charge in [-0.05, 0) is 0 Å². The van der Waals surface area contributed by atoms with E-state index in [9.17, 15) is 19.8 Å². The van der Waals surface area contributed by atoms with Crippen LogP contribution < -0.4 is 80.5 Å². The molecule has 3 N–H and O–H groups in total. The number of aliphatic hydroxyl groups is 3. The molecule has 0 saturated carbocycles. The maximum Gasteiger partial charge on any atom is 1.00 e. The van der Waals surface area contributed by atoms with Gasteiger partial charge in [-0.1, -0.05) is 0 Å². The van der Waals surface area contributed by atoms with E-state index in [1.165, 1.54) is 0 Å². The molecule has 0 aliphatic rings. The van der Waals surface area contributed by atoms with Crippen molar-refractivity contribution in [3.63, 3.8) is 0 Å². The van der Waals surface area contributed by atoms with Crippen LogP contribution in [-0.2, 0) is 9.59 Å². The quantitative estimate of drug-likeness (QED) is 0.402. The van der Waals surface area contributed by atoms with E-state index in [0.29, 0.717) is 0 Å². The fourth-order valence-electron chi connectivity index (χ4n) is 0.452. The SMILES string of the molecule is O=C([O-])[C@@H](O)C(O)[C@@H](O)C(=O)[O-].[K+].[Li+]. The molecule has 0 aromatic carbocycles. The van der Waals surface area contributed by atoms with Crippen molar-refractivity contribution in [1.29, 1.82) is 0 Å². The number of aliphatic carboxylic acids is 2. The van der Waals surface area contributed by atoms with Crippen molar-refractivity contribution in [3.05, 3.63) is 0 Å². The molecule has 0 aromatic heterocycles. The fourth-order valence-corrected chi connectivity index (χ4v) is 0.452. The van der Waals surface area contributed by atoms with Crippen molar-refractivity contribution < 1.29 is 105 Å². The summed E-state index contributed by atoms with van der Waals surface area (Å²) in [5, 5.41) is 45.1. The van der Waals surface area contributed by atoms with Crippen LogP contribution in [0, 0.1) is 0 Å². The second kappa shape index (κ2) is 9.29. The number of carbonyl (C=O) groups excluding carboxylic acids is 2. The van der Waals surface area contributed by atoms with Gasteiger partial charge in [0, 0.05) is 0 Å². The van der Waals surface area contributed by atoms with Gasteiger partial charge in [0.2, 0.25) is 0 Å². The van der Waals surface area contributed by atoms with Crippen LogP contribution in [0.25, 0.3) is 0 Å². The number of hydrogen-bond donors (Lipinski definition) is 3. The molecular weight excluding hydrogens is 218 g/mol. The second-order valence-corrected chi connectivity index (χ2v) is 2.02. The van der Waals surface area contributed by atoms with Gasteiger partial charge in [0.25, 0.3) is 0 Å². The first kappa shape index (κ1) is 20.5. The van der Waals surface area contributed by atoms with Crippen LogP contribution in [-0.4, -0.2) is 45.6 Å². The molecule has 0 saturated heterocycles. The first-order chi connectivity index (χ1) is 5.37. The van der Waals surface area contributed by atoms with Gasteiger partial charge in [-0.3, -0.25) is 0 Å². The number of carboxylic acid groups (broad SMARTS) is 2. The third kappa shape index (κ3) is 6.52. The molecule has 0 aromatic rings. The van der Waals surface area contributed by atoms with Crippen LogP contribution in [0.2, 0.25) is 0 Å². The first-order valence-corrected chi connectivity index (χ1v) is 2.84. The molecule has 0 spiro atoms. The maximum absolute atomic E-state index is 9.82. The summed E-state index contributed by atoms with van der Waals surface area (Å²) < 4.78 is 0. The zero-order valence-corrected chi connectivity index (χ0v) is 10.8. The fraction of sp³-hybridized carbons (Fsp3) is 0.600. The third-order valence-corrected chi connectivity index (χ3v) is 1.13. The number of hydrogen-bond acceptors (Lipinski definition) is 7. The van der Waals surface area contributed by atoms with Crippen LogP contribution in [0.1, 0.15) is 0 Å². The maximum atomic E-state index is 9.82. The number of carbonyl (C=O) groups is 2. The minimum absolute atomic E-state index is 0. The van der Waals surface area contributed by atoms with Crippen LogP contribution in [0.15, 0.2) is 0 Å². The monoisotopic (exact) mass is 224 g/mol. The minimum Gasteiger partial charge on any atom is -0.547 e. The van der Waals surface area contributed by atoms with E-state index in [1.54, 1.807) is 0 Å². The summed E-state index contributed by atoms with van der Waals surface area (Å²) >= 11 is 0. The van der Waals surface area contributed by atoms with Crippen molar-refractivity contribution in [2.45, 2.75) is 18.3 Å². The van der Waals surface area contributed by atoms with E-state index in [0.717, 1.165) is 0 Å². The van der Waals surface area contributed by atoms with Gasteiger partial charge in [-0.15, -0.1) is 0 Å². The van der Waals surface area contributed by atoms with Crippen molar-refractivity contribution in [1.82, 2.24) is 0 Å². The number of aliphatic hydroxyl groups excluding tert-OH is 3. The second-order valence-electron chi connectivity index (χ2n) is 2.02. The molecule has 0 aliphatic heterocycles. The van der Waals surface area contributed by atoms with Gasteiger partial charge in [-0.2, -0.15) is 0 Å². The average molecular weight is 224 g/mol. The van der Waals surface area contributed by atoms with Gasteiger partial charge < -0.3 is 35.1 Å². The molecule has 0 amide bonds. The molecule has 0 bridgehead atoms. The minimum atomic E-state index is -2.46. The van der Waals surface area contributed by atoms with Gasteiger partial charge in [0.15, 0.2) is 0 Å². The van der Waals surface area contributed by atoms with Crippen LogP contribution >= 0.6 is 0 Å². The van der Waals surface area contributed by atoms with Gasteiger partial charge in [0.05, 0.1) is 11.9 Å². The van der Waals surface area contributed by atoms with E-state index < -0.39 is 30.3 Å². The molecule has 7 nitrogen and oxygen atoms in total. The zero-order chi connectivity index (χ0) is 9.89. The molecule has 0 rings (SSSR count). The largest absolute Gasteiger partial charge is 1.00 e. The summed E-state index contributed by atoms with van der Waals surface area (Å²) in [4.78, 5) is 19.6. The Morgan fingerprint density at radius 3 is 1.29 bits per heavy atom. The van der Waals surface area contributed by atoms with Crippen molar-refractivity contribution in [3.8, 4) is 0 Å². The van der Waals surface area contributed by atoms with Crippen molar-refractivity contribution in [2.75, 3.05) is 0 Å². The molecule has 1 unspecified atom stereocenters. The van der Waals surface area contributed by atoms with Gasteiger partial charge >= 0.3 is 70.2 Å². The standard InChI is InChI=1S/C5H8O7.K.Li/c6-1(2(7)4(9)10)3(8)5(11)12;;/h1-3,6-8H,(H,9,10)(H,11,12);;/q;2*+1/p-2/t1?,2-,3+;;. The van der Waals surface area contributed by atoms with Gasteiger partial charge in [-0.25, -0.2) is 0 Å². The predicted molar refractivity (Wildman–Crippen MR) is 28.0 cm³/mol. The molecular formula is C5H6KLiO7. The summed E-state index contributed by atoms with van der Waals surface area (Å²) in [6.07, 6.45) is -7.28. The van der Waals surface area contributed by atoms with E-state index in [1.807, 2.05) is 0 Å². The Hall–Kier alpha value is 1.05. The van der Waals surface area contributed by atoms with E-state index >= 15 is 0 Å². The Morgan fingerprint density at radius 1 is 0.929 bits per heavy atom. The topological polar surface area (TPSA) is 141 Å². The Bertz CT molecular complexity index is 179. The first-order valence-electron chi connectivity index (χ1n) is 2.84. The summed E-state index contributed by atoms with van der Waals surface area (Å²) in [7, 11) is 0. The Kier molecular flexibility index (Phi) is 13.6. The van der Waals surface area contributed by atoms with Crippen LogP contribution in [0.3, 0.4) is 0 Å². The zero-order valence-electron chi connectivity index (χ0n) is 7.71. The smallest absolute Gasteiger partial charge is 0.547 e. The van der Waals surface area contributed by atoms with E-state index in [-0.39, 0.29) is 70.2 Å².